The first-order chi connectivity index (χ1) is 7.54. The molecular formula is C13H21N3. The van der Waals surface area contributed by atoms with Crippen LogP contribution in [0.5, 0.6) is 0 Å². The summed E-state index contributed by atoms with van der Waals surface area (Å²) >= 11 is 0. The molecule has 16 heavy (non-hydrogen) atoms. The third-order valence-corrected chi connectivity index (χ3v) is 2.54. The molecule has 1 heterocycles. The SMILES string of the molecule is C=C(C)CN(C)c1ccc([C@H](N)CC)nc1. The molecule has 0 saturated carbocycles. The van der Waals surface area contributed by atoms with Gasteiger partial charge in [0.05, 0.1) is 17.6 Å². The van der Waals surface area contributed by atoms with Crippen LogP contribution in [0, 0.1) is 0 Å². The maximum Gasteiger partial charge on any atom is 0.0572 e. The third kappa shape index (κ3) is 3.35. The number of anilines is 1. The Bertz CT molecular complexity index is 343. The molecule has 1 rings (SSSR count). The van der Waals surface area contributed by atoms with Gasteiger partial charge in [0.2, 0.25) is 0 Å². The molecule has 0 unspecified atom stereocenters. The summed E-state index contributed by atoms with van der Waals surface area (Å²) in [7, 11) is 2.03. The molecule has 0 spiro atoms. The second kappa shape index (κ2) is 5.66. The molecule has 0 aliphatic rings. The Hall–Kier alpha value is -1.35. The topological polar surface area (TPSA) is 42.1 Å². The van der Waals surface area contributed by atoms with E-state index in [9.17, 15) is 0 Å². The average molecular weight is 219 g/mol. The number of likely N-dealkylation sites (N-methyl/N-ethyl adjacent to an activating group) is 1. The van der Waals surface area contributed by atoms with Crippen molar-refractivity contribution in [3.05, 3.63) is 36.2 Å². The van der Waals surface area contributed by atoms with Gasteiger partial charge in [0, 0.05) is 19.6 Å². The van der Waals surface area contributed by atoms with Gasteiger partial charge in [-0.15, -0.1) is 0 Å². The minimum absolute atomic E-state index is 0.0421. The van der Waals surface area contributed by atoms with E-state index in [2.05, 4.69) is 29.5 Å². The smallest absolute Gasteiger partial charge is 0.0572 e. The lowest BCUT2D eigenvalue weighted by atomic mass is 10.1. The van der Waals surface area contributed by atoms with Gasteiger partial charge in [0.15, 0.2) is 0 Å². The molecule has 0 fully saturated rings. The van der Waals surface area contributed by atoms with E-state index in [1.54, 1.807) is 0 Å². The molecule has 0 saturated heterocycles. The summed E-state index contributed by atoms with van der Waals surface area (Å²) in [4.78, 5) is 6.50. The van der Waals surface area contributed by atoms with Crippen molar-refractivity contribution >= 4 is 5.69 Å². The second-order valence-corrected chi connectivity index (χ2v) is 4.27. The van der Waals surface area contributed by atoms with Crippen LogP contribution in [0.2, 0.25) is 0 Å². The van der Waals surface area contributed by atoms with Gasteiger partial charge in [0.25, 0.3) is 0 Å². The lowest BCUT2D eigenvalue weighted by molar-refractivity contribution is 0.675. The van der Waals surface area contributed by atoms with E-state index in [0.29, 0.717) is 0 Å². The first-order valence-corrected chi connectivity index (χ1v) is 5.61. The summed E-state index contributed by atoms with van der Waals surface area (Å²) in [6, 6.07) is 4.10. The monoisotopic (exact) mass is 219 g/mol. The Kier molecular flexibility index (Phi) is 4.50. The molecule has 0 bridgehead atoms. The van der Waals surface area contributed by atoms with E-state index in [4.69, 9.17) is 5.73 Å². The molecule has 0 aromatic carbocycles. The van der Waals surface area contributed by atoms with Crippen LogP contribution in [0.3, 0.4) is 0 Å². The van der Waals surface area contributed by atoms with Crippen molar-refractivity contribution in [2.45, 2.75) is 26.3 Å². The van der Waals surface area contributed by atoms with Gasteiger partial charge in [-0.1, -0.05) is 19.1 Å². The summed E-state index contributed by atoms with van der Waals surface area (Å²) in [6.45, 7) is 8.83. The molecule has 0 amide bonds. The van der Waals surface area contributed by atoms with E-state index in [1.165, 1.54) is 0 Å². The zero-order chi connectivity index (χ0) is 12.1. The average Bonchev–Trinajstić information content (AvgIpc) is 2.27. The van der Waals surface area contributed by atoms with Crippen LogP contribution < -0.4 is 10.6 Å². The van der Waals surface area contributed by atoms with Crippen LogP contribution in [0.15, 0.2) is 30.5 Å². The molecule has 1 aromatic heterocycles. The number of rotatable bonds is 5. The Morgan fingerprint density at radius 2 is 2.25 bits per heavy atom. The highest BCUT2D eigenvalue weighted by Gasteiger charge is 2.06. The maximum absolute atomic E-state index is 5.91. The molecule has 3 nitrogen and oxygen atoms in total. The molecule has 0 aliphatic carbocycles. The lowest BCUT2D eigenvalue weighted by Gasteiger charge is -2.19. The van der Waals surface area contributed by atoms with E-state index in [0.717, 1.165) is 29.9 Å². The van der Waals surface area contributed by atoms with Gasteiger partial charge in [0.1, 0.15) is 0 Å². The summed E-state index contributed by atoms with van der Waals surface area (Å²) in [5.74, 6) is 0. The van der Waals surface area contributed by atoms with Gasteiger partial charge >= 0.3 is 0 Å². The minimum Gasteiger partial charge on any atom is -0.369 e. The number of pyridine rings is 1. The normalized spacial score (nSPS) is 12.2. The lowest BCUT2D eigenvalue weighted by Crippen LogP contribution is -2.19. The first kappa shape index (κ1) is 12.7. The van der Waals surface area contributed by atoms with Gasteiger partial charge in [-0.2, -0.15) is 0 Å². The van der Waals surface area contributed by atoms with Crippen LogP contribution in [0.1, 0.15) is 32.0 Å². The van der Waals surface area contributed by atoms with Crippen molar-refractivity contribution < 1.29 is 0 Å². The van der Waals surface area contributed by atoms with Crippen LogP contribution in [0.25, 0.3) is 0 Å². The molecule has 1 aromatic rings. The largest absolute Gasteiger partial charge is 0.369 e. The van der Waals surface area contributed by atoms with Gasteiger partial charge in [-0.25, -0.2) is 0 Å². The van der Waals surface area contributed by atoms with Gasteiger partial charge < -0.3 is 10.6 Å². The fourth-order valence-electron chi connectivity index (χ4n) is 1.55. The van der Waals surface area contributed by atoms with Gasteiger partial charge in [-0.05, 0) is 25.5 Å². The van der Waals surface area contributed by atoms with Crippen LogP contribution >= 0.6 is 0 Å². The van der Waals surface area contributed by atoms with Gasteiger partial charge in [-0.3, -0.25) is 4.98 Å². The molecule has 0 radical (unpaired) electrons. The summed E-state index contributed by atoms with van der Waals surface area (Å²) in [5, 5.41) is 0. The zero-order valence-electron chi connectivity index (χ0n) is 10.4. The van der Waals surface area contributed by atoms with E-state index in [-0.39, 0.29) is 6.04 Å². The van der Waals surface area contributed by atoms with E-state index in [1.807, 2.05) is 26.2 Å². The summed E-state index contributed by atoms with van der Waals surface area (Å²) in [6.07, 6.45) is 2.78. The fourth-order valence-corrected chi connectivity index (χ4v) is 1.55. The van der Waals surface area contributed by atoms with Crippen LogP contribution in [-0.4, -0.2) is 18.6 Å². The first-order valence-electron chi connectivity index (χ1n) is 5.61. The second-order valence-electron chi connectivity index (χ2n) is 4.27. The van der Waals surface area contributed by atoms with Crippen molar-refractivity contribution in [2.75, 3.05) is 18.5 Å². The molecular weight excluding hydrogens is 198 g/mol. The number of hydrogen-bond acceptors (Lipinski definition) is 3. The Balaban J connectivity index is 2.74. The molecule has 0 aliphatic heterocycles. The van der Waals surface area contributed by atoms with E-state index >= 15 is 0 Å². The highest BCUT2D eigenvalue weighted by atomic mass is 15.1. The Labute approximate surface area is 98.0 Å². The van der Waals surface area contributed by atoms with Crippen molar-refractivity contribution in [3.63, 3.8) is 0 Å². The molecule has 88 valence electrons. The highest BCUT2D eigenvalue weighted by molar-refractivity contribution is 5.45. The van der Waals surface area contributed by atoms with Crippen molar-refractivity contribution in [1.29, 1.82) is 0 Å². The Morgan fingerprint density at radius 3 is 2.69 bits per heavy atom. The van der Waals surface area contributed by atoms with Crippen molar-refractivity contribution in [3.8, 4) is 0 Å². The summed E-state index contributed by atoms with van der Waals surface area (Å²) in [5.41, 5.74) is 9.09. The number of hydrogen-bond donors (Lipinski definition) is 1. The number of aromatic nitrogens is 1. The third-order valence-electron chi connectivity index (χ3n) is 2.54. The number of nitrogens with zero attached hydrogens (tertiary/aromatic N) is 2. The standard InChI is InChI=1S/C13H21N3/c1-5-12(14)13-7-6-11(8-15-13)16(4)9-10(2)3/h6-8,12H,2,5,9,14H2,1,3-4H3/t12-/m1/s1. The quantitative estimate of drug-likeness (QED) is 0.774. The van der Waals surface area contributed by atoms with Crippen molar-refractivity contribution in [1.82, 2.24) is 4.98 Å². The Morgan fingerprint density at radius 1 is 1.56 bits per heavy atom. The van der Waals surface area contributed by atoms with E-state index < -0.39 is 0 Å². The molecule has 3 heteroatoms. The number of nitrogens with two attached hydrogens (primary N) is 1. The maximum atomic E-state index is 5.91. The fraction of sp³-hybridized carbons (Fsp3) is 0.462. The predicted octanol–water partition coefficient (Wildman–Crippen LogP) is 2.50. The van der Waals surface area contributed by atoms with Crippen LogP contribution in [-0.2, 0) is 0 Å². The minimum atomic E-state index is 0.0421. The molecule has 2 N–H and O–H groups in total. The zero-order valence-corrected chi connectivity index (χ0v) is 10.4. The van der Waals surface area contributed by atoms with Crippen molar-refractivity contribution in [2.24, 2.45) is 5.73 Å². The van der Waals surface area contributed by atoms with Crippen LogP contribution in [0.4, 0.5) is 5.69 Å². The predicted molar refractivity (Wildman–Crippen MR) is 69.5 cm³/mol. The summed E-state index contributed by atoms with van der Waals surface area (Å²) < 4.78 is 0. The molecule has 1 atom stereocenters. The highest BCUT2D eigenvalue weighted by Crippen LogP contribution is 2.16.